The normalized spacial score (nSPS) is 36.8. The van der Waals surface area contributed by atoms with Crippen molar-refractivity contribution in [2.24, 2.45) is 17.8 Å². The van der Waals surface area contributed by atoms with Crippen molar-refractivity contribution < 1.29 is 9.18 Å². The number of carbonyl (C=O) groups excluding carboxylic acids is 1. The third-order valence-electron chi connectivity index (χ3n) is 5.84. The summed E-state index contributed by atoms with van der Waals surface area (Å²) in [5, 5.41) is 3.33. The lowest BCUT2D eigenvalue weighted by molar-refractivity contribution is -0.0167. The Morgan fingerprint density at radius 3 is 2.24 bits per heavy atom. The molecule has 4 bridgehead atoms. The molecule has 0 heterocycles. The zero-order valence-electron chi connectivity index (χ0n) is 12.5. The van der Waals surface area contributed by atoms with Gasteiger partial charge in [-0.3, -0.25) is 4.79 Å². The largest absolute Gasteiger partial charge is 0.347 e. The minimum absolute atomic E-state index is 0.0219. The maximum absolute atomic E-state index is 13.3. The fourth-order valence-electron chi connectivity index (χ4n) is 5.36. The number of hydrogen-bond donors (Lipinski definition) is 1. The van der Waals surface area contributed by atoms with E-state index in [1.165, 1.54) is 25.3 Å². The molecule has 3 heteroatoms. The van der Waals surface area contributed by atoms with Crippen molar-refractivity contribution in [1.29, 1.82) is 0 Å². The van der Waals surface area contributed by atoms with Gasteiger partial charge in [0.25, 0.3) is 5.91 Å². The highest BCUT2D eigenvalue weighted by atomic mass is 19.1. The minimum Gasteiger partial charge on any atom is -0.347 e. The molecular formula is C18H22FNO. The van der Waals surface area contributed by atoms with Gasteiger partial charge >= 0.3 is 0 Å². The number of carbonyl (C=O) groups is 1. The molecule has 0 aromatic heterocycles. The van der Waals surface area contributed by atoms with Gasteiger partial charge in [-0.1, -0.05) is 0 Å². The molecule has 1 aromatic rings. The van der Waals surface area contributed by atoms with Crippen LogP contribution in [0.15, 0.2) is 18.2 Å². The molecule has 0 radical (unpaired) electrons. The molecule has 0 unspecified atom stereocenters. The van der Waals surface area contributed by atoms with Crippen LogP contribution in [-0.4, -0.2) is 11.4 Å². The van der Waals surface area contributed by atoms with Crippen molar-refractivity contribution in [3.05, 3.63) is 35.1 Å². The second-order valence-electron chi connectivity index (χ2n) is 7.62. The van der Waals surface area contributed by atoms with E-state index in [2.05, 4.69) is 5.32 Å². The third-order valence-corrected chi connectivity index (χ3v) is 5.84. The van der Waals surface area contributed by atoms with E-state index < -0.39 is 0 Å². The molecule has 0 atom stereocenters. The van der Waals surface area contributed by atoms with Crippen LogP contribution in [0.3, 0.4) is 0 Å². The first-order valence-corrected chi connectivity index (χ1v) is 8.12. The van der Waals surface area contributed by atoms with Crippen LogP contribution in [0.1, 0.15) is 54.4 Å². The molecule has 0 spiro atoms. The van der Waals surface area contributed by atoms with Gasteiger partial charge in [0.1, 0.15) is 5.82 Å². The van der Waals surface area contributed by atoms with Crippen LogP contribution < -0.4 is 5.32 Å². The quantitative estimate of drug-likeness (QED) is 0.880. The molecule has 0 saturated heterocycles. The molecule has 21 heavy (non-hydrogen) atoms. The van der Waals surface area contributed by atoms with Crippen LogP contribution in [0.25, 0.3) is 0 Å². The van der Waals surface area contributed by atoms with Crippen molar-refractivity contribution in [2.75, 3.05) is 0 Å². The predicted molar refractivity (Wildman–Crippen MR) is 79.5 cm³/mol. The van der Waals surface area contributed by atoms with E-state index in [1.54, 1.807) is 19.1 Å². The highest BCUT2D eigenvalue weighted by molar-refractivity contribution is 5.94. The topological polar surface area (TPSA) is 29.1 Å². The van der Waals surface area contributed by atoms with Crippen LogP contribution in [-0.2, 0) is 0 Å². The molecule has 4 aliphatic rings. The Morgan fingerprint density at radius 1 is 1.14 bits per heavy atom. The summed E-state index contributed by atoms with van der Waals surface area (Å²) in [5.41, 5.74) is 1.14. The van der Waals surface area contributed by atoms with Crippen LogP contribution >= 0.6 is 0 Å². The first-order valence-electron chi connectivity index (χ1n) is 8.12. The lowest BCUT2D eigenvalue weighted by atomic mass is 9.53. The standard InChI is InChI=1S/C18H22FNO/c1-11-4-15(2-3-16(11)19)17(21)20-18-8-12-5-13(9-18)7-14(6-12)10-18/h2-4,12-14H,5-10H2,1H3,(H,20,21). The molecule has 1 N–H and O–H groups in total. The van der Waals surface area contributed by atoms with Gasteiger partial charge in [0, 0.05) is 11.1 Å². The first-order chi connectivity index (χ1) is 10.0. The Labute approximate surface area is 125 Å². The summed E-state index contributed by atoms with van der Waals surface area (Å²) in [5.74, 6) is 2.16. The fraction of sp³-hybridized carbons (Fsp3) is 0.611. The maximum atomic E-state index is 13.3. The Kier molecular flexibility index (Phi) is 2.88. The van der Waals surface area contributed by atoms with Crippen LogP contribution in [0, 0.1) is 30.5 Å². The van der Waals surface area contributed by atoms with Gasteiger partial charge in [0.05, 0.1) is 0 Å². The lowest BCUT2D eigenvalue weighted by Crippen LogP contribution is -2.59. The molecule has 0 aliphatic heterocycles. The van der Waals surface area contributed by atoms with Crippen LogP contribution in [0.5, 0.6) is 0 Å². The van der Waals surface area contributed by atoms with E-state index in [0.29, 0.717) is 11.1 Å². The van der Waals surface area contributed by atoms with Crippen LogP contribution in [0.2, 0.25) is 0 Å². The van der Waals surface area contributed by atoms with E-state index in [-0.39, 0.29) is 17.3 Å². The number of halogens is 1. The highest BCUT2D eigenvalue weighted by Crippen LogP contribution is 2.55. The summed E-state index contributed by atoms with van der Waals surface area (Å²) >= 11 is 0. The fourth-order valence-corrected chi connectivity index (χ4v) is 5.36. The van der Waals surface area contributed by atoms with Gasteiger partial charge in [-0.25, -0.2) is 4.39 Å². The Balaban J connectivity index is 1.55. The minimum atomic E-state index is -0.249. The SMILES string of the molecule is Cc1cc(C(=O)NC23CC4CC(CC(C4)C2)C3)ccc1F. The van der Waals surface area contributed by atoms with Crippen molar-refractivity contribution in [3.63, 3.8) is 0 Å². The molecule has 4 saturated carbocycles. The second-order valence-corrected chi connectivity index (χ2v) is 7.62. The number of hydrogen-bond acceptors (Lipinski definition) is 1. The molecule has 1 amide bonds. The van der Waals surface area contributed by atoms with Crippen molar-refractivity contribution >= 4 is 5.91 Å². The smallest absolute Gasteiger partial charge is 0.251 e. The molecular weight excluding hydrogens is 265 g/mol. The predicted octanol–water partition coefficient (Wildman–Crippen LogP) is 3.83. The van der Waals surface area contributed by atoms with E-state index >= 15 is 0 Å². The summed E-state index contributed by atoms with van der Waals surface area (Å²) < 4.78 is 13.3. The molecule has 4 fully saturated rings. The maximum Gasteiger partial charge on any atom is 0.251 e. The molecule has 1 aromatic carbocycles. The van der Waals surface area contributed by atoms with E-state index in [1.807, 2.05) is 0 Å². The van der Waals surface area contributed by atoms with E-state index in [4.69, 9.17) is 0 Å². The van der Waals surface area contributed by atoms with Gasteiger partial charge in [-0.2, -0.15) is 0 Å². The van der Waals surface area contributed by atoms with Crippen molar-refractivity contribution in [2.45, 2.75) is 51.0 Å². The Morgan fingerprint density at radius 2 is 1.71 bits per heavy atom. The first kappa shape index (κ1) is 13.3. The van der Waals surface area contributed by atoms with Gasteiger partial charge in [0.2, 0.25) is 0 Å². The third kappa shape index (κ3) is 2.27. The summed E-state index contributed by atoms with van der Waals surface area (Å²) in [7, 11) is 0. The monoisotopic (exact) mass is 287 g/mol. The average Bonchev–Trinajstić information content (AvgIpc) is 2.39. The lowest BCUT2D eigenvalue weighted by Gasteiger charge is -2.56. The molecule has 5 rings (SSSR count). The molecule has 2 nitrogen and oxygen atoms in total. The summed E-state index contributed by atoms with van der Waals surface area (Å²) in [4.78, 5) is 12.6. The highest BCUT2D eigenvalue weighted by Gasteiger charge is 2.51. The van der Waals surface area contributed by atoms with E-state index in [9.17, 15) is 9.18 Å². The van der Waals surface area contributed by atoms with Crippen molar-refractivity contribution in [3.8, 4) is 0 Å². The Bertz CT molecular complexity index is 560. The number of amides is 1. The second kappa shape index (κ2) is 4.56. The zero-order chi connectivity index (χ0) is 14.6. The molecule has 112 valence electrons. The van der Waals surface area contributed by atoms with Gasteiger partial charge in [-0.05, 0) is 87.0 Å². The molecule has 4 aliphatic carbocycles. The number of nitrogens with one attached hydrogen (secondary N) is 1. The van der Waals surface area contributed by atoms with Gasteiger partial charge in [-0.15, -0.1) is 0 Å². The summed E-state index contributed by atoms with van der Waals surface area (Å²) in [6.45, 7) is 1.71. The number of benzene rings is 1. The summed E-state index contributed by atoms with van der Waals surface area (Å²) in [6, 6.07) is 4.65. The number of rotatable bonds is 2. The summed E-state index contributed by atoms with van der Waals surface area (Å²) in [6.07, 6.45) is 7.53. The van der Waals surface area contributed by atoms with Crippen LogP contribution in [0.4, 0.5) is 4.39 Å². The average molecular weight is 287 g/mol. The van der Waals surface area contributed by atoms with Gasteiger partial charge < -0.3 is 5.32 Å². The zero-order valence-corrected chi connectivity index (χ0v) is 12.5. The van der Waals surface area contributed by atoms with Crippen molar-refractivity contribution in [1.82, 2.24) is 5.32 Å². The number of aryl methyl sites for hydroxylation is 1. The van der Waals surface area contributed by atoms with E-state index in [0.717, 1.165) is 37.0 Å². The van der Waals surface area contributed by atoms with Gasteiger partial charge in [0.15, 0.2) is 0 Å². The Hall–Kier alpha value is -1.38.